The van der Waals surface area contributed by atoms with Gasteiger partial charge in [-0.1, -0.05) is 48.0 Å². The van der Waals surface area contributed by atoms with Crippen LogP contribution in [-0.2, 0) is 0 Å². The predicted molar refractivity (Wildman–Crippen MR) is 123 cm³/mol. The van der Waals surface area contributed by atoms with Crippen molar-refractivity contribution in [3.05, 3.63) is 89.0 Å². The Morgan fingerprint density at radius 1 is 1.00 bits per heavy atom. The van der Waals surface area contributed by atoms with Crippen molar-refractivity contribution in [2.24, 2.45) is 0 Å². The summed E-state index contributed by atoms with van der Waals surface area (Å²) in [5.74, 6) is 0.867. The van der Waals surface area contributed by atoms with Crippen LogP contribution in [0.1, 0.15) is 46.4 Å². The van der Waals surface area contributed by atoms with E-state index in [1.165, 1.54) is 0 Å². The van der Waals surface area contributed by atoms with Gasteiger partial charge >= 0.3 is 0 Å². The average molecular weight is 401 g/mol. The molecule has 0 aromatic heterocycles. The fourth-order valence-electron chi connectivity index (χ4n) is 4.31. The zero-order valence-corrected chi connectivity index (χ0v) is 18.0. The van der Waals surface area contributed by atoms with Crippen molar-refractivity contribution in [2.75, 3.05) is 17.3 Å². The van der Waals surface area contributed by atoms with E-state index >= 15 is 0 Å². The Bertz CT molecular complexity index is 1060. The van der Waals surface area contributed by atoms with Gasteiger partial charge in [0.2, 0.25) is 0 Å². The van der Waals surface area contributed by atoms with E-state index in [4.69, 9.17) is 4.74 Å². The van der Waals surface area contributed by atoms with Crippen molar-refractivity contribution in [2.45, 2.75) is 39.3 Å². The van der Waals surface area contributed by atoms with Gasteiger partial charge in [0.05, 0.1) is 24.5 Å². The van der Waals surface area contributed by atoms with E-state index in [2.05, 4.69) is 37.4 Å². The molecule has 154 valence electrons. The van der Waals surface area contributed by atoms with Gasteiger partial charge in [0.1, 0.15) is 5.75 Å². The summed E-state index contributed by atoms with van der Waals surface area (Å²) in [6.07, 6.45) is 0.812. The molecule has 4 nitrogen and oxygen atoms in total. The molecule has 0 unspecified atom stereocenters. The number of methoxy groups -OCH3 is 1. The number of carbonyl (C=O) groups is 1. The number of hydrogen-bond acceptors (Lipinski definition) is 3. The molecule has 1 N–H and O–H groups in total. The van der Waals surface area contributed by atoms with E-state index in [1.54, 1.807) is 7.11 Å². The summed E-state index contributed by atoms with van der Waals surface area (Å²) in [7, 11) is 1.68. The largest absolute Gasteiger partial charge is 0.495 e. The Hall–Kier alpha value is -3.27. The van der Waals surface area contributed by atoms with Crippen LogP contribution >= 0.6 is 0 Å². The first-order chi connectivity index (χ1) is 14.5. The molecule has 0 saturated heterocycles. The van der Waals surface area contributed by atoms with Crippen molar-refractivity contribution < 1.29 is 9.53 Å². The quantitative estimate of drug-likeness (QED) is 0.592. The number of carbonyl (C=O) groups excluding carboxylic acids is 1. The second kappa shape index (κ2) is 8.23. The smallest absolute Gasteiger partial charge is 0.258 e. The number of aryl methyl sites for hydroxylation is 2. The molecular formula is C26H28N2O2. The van der Waals surface area contributed by atoms with Crippen LogP contribution in [0.2, 0.25) is 0 Å². The molecule has 0 radical (unpaired) electrons. The summed E-state index contributed by atoms with van der Waals surface area (Å²) in [6.45, 7) is 6.23. The van der Waals surface area contributed by atoms with Gasteiger partial charge in [0.25, 0.3) is 5.91 Å². The van der Waals surface area contributed by atoms with Gasteiger partial charge in [-0.05, 0) is 62.6 Å². The second-order valence-corrected chi connectivity index (χ2v) is 8.04. The van der Waals surface area contributed by atoms with Crippen LogP contribution in [0.5, 0.6) is 5.75 Å². The lowest BCUT2D eigenvalue weighted by molar-refractivity contribution is 0.0974. The molecule has 4 heteroatoms. The molecule has 1 aliphatic rings. The van der Waals surface area contributed by atoms with E-state index < -0.39 is 0 Å². The van der Waals surface area contributed by atoms with Crippen LogP contribution in [0, 0.1) is 13.8 Å². The molecule has 0 aliphatic carbocycles. The van der Waals surface area contributed by atoms with Crippen LogP contribution < -0.4 is 15.0 Å². The molecule has 3 aromatic rings. The fraction of sp³-hybridized carbons (Fsp3) is 0.269. The summed E-state index contributed by atoms with van der Waals surface area (Å²) < 4.78 is 5.53. The lowest BCUT2D eigenvalue weighted by Crippen LogP contribution is -2.44. The van der Waals surface area contributed by atoms with Gasteiger partial charge in [0.15, 0.2) is 0 Å². The van der Waals surface area contributed by atoms with Crippen LogP contribution in [0.3, 0.4) is 0 Å². The molecule has 1 heterocycles. The third-order valence-electron chi connectivity index (χ3n) is 5.86. The number of nitrogens with one attached hydrogen (secondary N) is 1. The number of amides is 1. The first-order valence-electron chi connectivity index (χ1n) is 10.4. The van der Waals surface area contributed by atoms with Gasteiger partial charge < -0.3 is 15.0 Å². The monoisotopic (exact) mass is 400 g/mol. The Balaban J connectivity index is 1.74. The topological polar surface area (TPSA) is 41.6 Å². The van der Waals surface area contributed by atoms with Gasteiger partial charge in [-0.25, -0.2) is 0 Å². The van der Waals surface area contributed by atoms with E-state index in [0.29, 0.717) is 0 Å². The molecule has 0 spiro atoms. The number of hydrogen-bond donors (Lipinski definition) is 1. The Morgan fingerprint density at radius 3 is 2.47 bits per heavy atom. The predicted octanol–water partition coefficient (Wildman–Crippen LogP) is 5.90. The van der Waals surface area contributed by atoms with Gasteiger partial charge in [-0.3, -0.25) is 4.79 Å². The van der Waals surface area contributed by atoms with Gasteiger partial charge in [-0.2, -0.15) is 0 Å². The standard InChI is InChI=1S/C26H28N2O2/c1-17-12-14-20(15-13-17)26(29)28-19(3)16-23(21-9-7-8-18(2)25(21)28)27-22-10-5-6-11-24(22)30-4/h5-15,19,23,27H,16H2,1-4H3/t19-,23-/m0/s1. The average Bonchev–Trinajstić information content (AvgIpc) is 2.75. The van der Waals surface area contributed by atoms with Crippen LogP contribution in [0.15, 0.2) is 66.7 Å². The van der Waals surface area contributed by atoms with E-state index in [9.17, 15) is 4.79 Å². The molecule has 1 amide bonds. The van der Waals surface area contributed by atoms with Crippen molar-refractivity contribution >= 4 is 17.3 Å². The van der Waals surface area contributed by atoms with Gasteiger partial charge in [0, 0.05) is 11.6 Å². The molecule has 30 heavy (non-hydrogen) atoms. The fourth-order valence-corrected chi connectivity index (χ4v) is 4.31. The second-order valence-electron chi connectivity index (χ2n) is 8.04. The minimum absolute atomic E-state index is 0.0498. The summed E-state index contributed by atoms with van der Waals surface area (Å²) >= 11 is 0. The van der Waals surface area contributed by atoms with Crippen molar-refractivity contribution in [3.8, 4) is 5.75 Å². The Kier molecular flexibility index (Phi) is 5.49. The molecule has 0 fully saturated rings. The lowest BCUT2D eigenvalue weighted by Gasteiger charge is -2.41. The lowest BCUT2D eigenvalue weighted by atomic mass is 9.88. The summed E-state index contributed by atoms with van der Waals surface area (Å²) in [5, 5.41) is 3.66. The maximum atomic E-state index is 13.5. The zero-order chi connectivity index (χ0) is 21.3. The Labute approximate surface area is 178 Å². The van der Waals surface area contributed by atoms with Crippen LogP contribution in [-0.4, -0.2) is 19.1 Å². The number of para-hydroxylation sites is 3. The molecule has 0 saturated carbocycles. The maximum absolute atomic E-state index is 13.5. The first kappa shape index (κ1) is 20.0. The van der Waals surface area contributed by atoms with Crippen molar-refractivity contribution in [3.63, 3.8) is 0 Å². The molecule has 4 rings (SSSR count). The van der Waals surface area contributed by atoms with Crippen molar-refractivity contribution in [1.29, 1.82) is 0 Å². The van der Waals surface area contributed by atoms with E-state index in [0.717, 1.165) is 45.8 Å². The normalized spacial score (nSPS) is 17.9. The van der Waals surface area contributed by atoms with E-state index in [-0.39, 0.29) is 18.0 Å². The van der Waals surface area contributed by atoms with E-state index in [1.807, 2.05) is 60.4 Å². The van der Waals surface area contributed by atoms with Crippen molar-refractivity contribution in [1.82, 2.24) is 0 Å². The Morgan fingerprint density at radius 2 is 1.73 bits per heavy atom. The number of benzene rings is 3. The summed E-state index contributed by atoms with van der Waals surface area (Å²) in [6, 6.07) is 22.2. The number of rotatable bonds is 4. The minimum Gasteiger partial charge on any atom is -0.495 e. The summed E-state index contributed by atoms with van der Waals surface area (Å²) in [4.78, 5) is 15.5. The first-order valence-corrected chi connectivity index (χ1v) is 10.4. The number of anilines is 2. The number of nitrogens with zero attached hydrogens (tertiary/aromatic N) is 1. The van der Waals surface area contributed by atoms with Crippen LogP contribution in [0.25, 0.3) is 0 Å². The molecule has 2 atom stereocenters. The number of ether oxygens (including phenoxy) is 1. The zero-order valence-electron chi connectivity index (χ0n) is 18.0. The van der Waals surface area contributed by atoms with Gasteiger partial charge in [-0.15, -0.1) is 0 Å². The highest BCUT2D eigenvalue weighted by atomic mass is 16.5. The molecular weight excluding hydrogens is 372 g/mol. The van der Waals surface area contributed by atoms with Crippen LogP contribution in [0.4, 0.5) is 11.4 Å². The highest BCUT2D eigenvalue weighted by Crippen LogP contribution is 2.42. The highest BCUT2D eigenvalue weighted by Gasteiger charge is 2.35. The minimum atomic E-state index is 0.0498. The third-order valence-corrected chi connectivity index (χ3v) is 5.86. The third kappa shape index (κ3) is 3.65. The number of fused-ring (bicyclic) bond motifs is 1. The molecule has 1 aliphatic heterocycles. The molecule has 3 aromatic carbocycles. The summed E-state index contributed by atoms with van der Waals surface area (Å²) in [5.41, 5.74) is 6.08. The maximum Gasteiger partial charge on any atom is 0.258 e. The highest BCUT2D eigenvalue weighted by molar-refractivity contribution is 6.07. The molecule has 0 bridgehead atoms. The SMILES string of the molecule is COc1ccccc1N[C@H]1C[C@H](C)N(C(=O)c2ccc(C)cc2)c2c(C)cccc21.